The Bertz CT molecular complexity index is 783. The lowest BCUT2D eigenvalue weighted by Crippen LogP contribution is -2.41. The highest BCUT2D eigenvalue weighted by molar-refractivity contribution is 5.94. The summed E-state index contributed by atoms with van der Waals surface area (Å²) in [7, 11) is 0. The molecule has 1 unspecified atom stereocenters. The second-order valence-electron chi connectivity index (χ2n) is 6.19. The average Bonchev–Trinajstić information content (AvgIpc) is 2.67. The second-order valence-corrected chi connectivity index (χ2v) is 6.19. The maximum Gasteiger partial charge on any atom is 0.253 e. The molecule has 2 aromatic rings. The summed E-state index contributed by atoms with van der Waals surface area (Å²) in [4.78, 5) is 14.4. The van der Waals surface area contributed by atoms with Crippen LogP contribution in [0.4, 0.5) is 4.39 Å². The molecule has 1 saturated heterocycles. The van der Waals surface area contributed by atoms with Crippen LogP contribution in [0.1, 0.15) is 28.8 Å². The van der Waals surface area contributed by atoms with Crippen molar-refractivity contribution in [1.82, 2.24) is 4.90 Å². The zero-order chi connectivity index (χ0) is 17.6. The quantitative estimate of drug-likeness (QED) is 0.855. The molecule has 0 radical (unpaired) electrons. The van der Waals surface area contributed by atoms with Crippen LogP contribution in [-0.2, 0) is 0 Å². The number of para-hydroxylation sites is 1. The molecular weight excluding hydrogens is 319 g/mol. The molecule has 0 N–H and O–H groups in total. The largest absolute Gasteiger partial charge is 0.490 e. The van der Waals surface area contributed by atoms with Crippen LogP contribution < -0.4 is 4.74 Å². The van der Waals surface area contributed by atoms with E-state index in [4.69, 9.17) is 10.00 Å². The van der Waals surface area contributed by atoms with E-state index in [1.54, 1.807) is 47.4 Å². The van der Waals surface area contributed by atoms with Crippen molar-refractivity contribution in [1.29, 1.82) is 5.26 Å². The number of likely N-dealkylation sites (tertiary alicyclic amines) is 1. The molecule has 5 heteroatoms. The summed E-state index contributed by atoms with van der Waals surface area (Å²) in [5.41, 5.74) is 1.11. The Kier molecular flexibility index (Phi) is 5.30. The van der Waals surface area contributed by atoms with E-state index < -0.39 is 0 Å². The number of hydrogen-bond donors (Lipinski definition) is 0. The topological polar surface area (TPSA) is 53.3 Å². The van der Waals surface area contributed by atoms with Gasteiger partial charge in [0, 0.05) is 24.6 Å². The summed E-state index contributed by atoms with van der Waals surface area (Å²) in [6, 6.07) is 15.0. The Morgan fingerprint density at radius 3 is 2.72 bits per heavy atom. The molecule has 1 atom stereocenters. The molecule has 0 aromatic heterocycles. The van der Waals surface area contributed by atoms with Crippen LogP contribution in [0.15, 0.2) is 48.5 Å². The lowest BCUT2D eigenvalue weighted by atomic mass is 9.98. The Morgan fingerprint density at radius 1 is 1.24 bits per heavy atom. The molecule has 128 valence electrons. The number of rotatable bonds is 4. The predicted molar refractivity (Wildman–Crippen MR) is 91.7 cm³/mol. The summed E-state index contributed by atoms with van der Waals surface area (Å²) in [6.45, 7) is 1.68. The van der Waals surface area contributed by atoms with E-state index in [-0.39, 0.29) is 23.4 Å². The van der Waals surface area contributed by atoms with Gasteiger partial charge in [0.2, 0.25) is 0 Å². The van der Waals surface area contributed by atoms with Crippen molar-refractivity contribution >= 4 is 5.91 Å². The first-order chi connectivity index (χ1) is 12.2. The van der Waals surface area contributed by atoms with Gasteiger partial charge in [0.1, 0.15) is 0 Å². The number of nitrogens with zero attached hydrogens (tertiary/aromatic N) is 2. The number of hydrogen-bond acceptors (Lipinski definition) is 3. The van der Waals surface area contributed by atoms with Crippen LogP contribution in [-0.4, -0.2) is 30.5 Å². The zero-order valence-electron chi connectivity index (χ0n) is 13.8. The Hall–Kier alpha value is -2.87. The predicted octanol–water partition coefficient (Wildman–Crippen LogP) is 3.63. The average molecular weight is 338 g/mol. The van der Waals surface area contributed by atoms with E-state index in [1.165, 1.54) is 6.07 Å². The van der Waals surface area contributed by atoms with Gasteiger partial charge in [0.25, 0.3) is 5.91 Å². The Labute approximate surface area is 146 Å². The van der Waals surface area contributed by atoms with Crippen molar-refractivity contribution in [2.75, 3.05) is 19.7 Å². The van der Waals surface area contributed by atoms with Gasteiger partial charge in [-0.25, -0.2) is 4.39 Å². The van der Waals surface area contributed by atoms with Gasteiger partial charge < -0.3 is 9.64 Å². The minimum absolute atomic E-state index is 0.0416. The number of carbonyl (C=O) groups excluding carboxylic acids is 1. The van der Waals surface area contributed by atoms with Crippen LogP contribution in [0.2, 0.25) is 0 Å². The van der Waals surface area contributed by atoms with Crippen LogP contribution in [0.5, 0.6) is 5.75 Å². The zero-order valence-corrected chi connectivity index (χ0v) is 13.8. The van der Waals surface area contributed by atoms with Gasteiger partial charge in [0.05, 0.1) is 18.2 Å². The number of ether oxygens (including phenoxy) is 1. The molecule has 0 saturated carbocycles. The Balaban J connectivity index is 1.59. The van der Waals surface area contributed by atoms with Crippen LogP contribution in [0.25, 0.3) is 0 Å². The monoisotopic (exact) mass is 338 g/mol. The van der Waals surface area contributed by atoms with E-state index in [1.807, 2.05) is 6.07 Å². The highest BCUT2D eigenvalue weighted by atomic mass is 19.1. The molecule has 0 spiro atoms. The van der Waals surface area contributed by atoms with E-state index in [2.05, 4.69) is 0 Å². The number of piperidine rings is 1. The number of nitriles is 1. The first-order valence-electron chi connectivity index (χ1n) is 8.34. The third-order valence-electron chi connectivity index (χ3n) is 4.38. The van der Waals surface area contributed by atoms with Crippen LogP contribution in [0, 0.1) is 23.1 Å². The SMILES string of the molecule is N#Cc1ccc(C(=O)N2CCCC(COc3ccccc3F)C2)cc1. The van der Waals surface area contributed by atoms with Crippen molar-refractivity contribution in [3.8, 4) is 11.8 Å². The summed E-state index contributed by atoms with van der Waals surface area (Å²) >= 11 is 0. The van der Waals surface area contributed by atoms with E-state index in [9.17, 15) is 9.18 Å². The van der Waals surface area contributed by atoms with Crippen LogP contribution in [0.3, 0.4) is 0 Å². The Morgan fingerprint density at radius 2 is 2.00 bits per heavy atom. The molecule has 1 heterocycles. The molecule has 0 bridgehead atoms. The lowest BCUT2D eigenvalue weighted by molar-refractivity contribution is 0.0631. The number of carbonyl (C=O) groups is 1. The fraction of sp³-hybridized carbons (Fsp3) is 0.300. The van der Waals surface area contributed by atoms with Gasteiger partial charge >= 0.3 is 0 Å². The summed E-state index contributed by atoms with van der Waals surface area (Å²) < 4.78 is 19.2. The van der Waals surface area contributed by atoms with E-state index >= 15 is 0 Å². The number of halogens is 1. The minimum Gasteiger partial charge on any atom is -0.490 e. The summed E-state index contributed by atoms with van der Waals surface area (Å²) in [6.07, 6.45) is 1.85. The van der Waals surface area contributed by atoms with E-state index in [0.717, 1.165) is 12.8 Å². The molecule has 3 rings (SSSR count). The van der Waals surface area contributed by atoms with Gasteiger partial charge in [-0.3, -0.25) is 4.79 Å². The smallest absolute Gasteiger partial charge is 0.253 e. The van der Waals surface area contributed by atoms with Gasteiger partial charge in [0.15, 0.2) is 11.6 Å². The second kappa shape index (κ2) is 7.80. The molecule has 1 fully saturated rings. The summed E-state index contributed by atoms with van der Waals surface area (Å²) in [5.74, 6) is 0.0117. The van der Waals surface area contributed by atoms with Crippen molar-refractivity contribution in [3.63, 3.8) is 0 Å². The fourth-order valence-electron chi connectivity index (χ4n) is 3.02. The first kappa shape index (κ1) is 17.0. The highest BCUT2D eigenvalue weighted by Gasteiger charge is 2.25. The number of benzene rings is 2. The fourth-order valence-corrected chi connectivity index (χ4v) is 3.02. The molecule has 1 aliphatic heterocycles. The van der Waals surface area contributed by atoms with Gasteiger partial charge in [-0.1, -0.05) is 12.1 Å². The molecule has 1 amide bonds. The molecule has 25 heavy (non-hydrogen) atoms. The maximum atomic E-state index is 13.6. The number of amides is 1. The van der Waals surface area contributed by atoms with Crippen LogP contribution >= 0.6 is 0 Å². The highest BCUT2D eigenvalue weighted by Crippen LogP contribution is 2.22. The minimum atomic E-state index is -0.371. The van der Waals surface area contributed by atoms with Gasteiger partial charge in [-0.05, 0) is 49.2 Å². The third kappa shape index (κ3) is 4.16. The van der Waals surface area contributed by atoms with Gasteiger partial charge in [-0.15, -0.1) is 0 Å². The van der Waals surface area contributed by atoms with Crippen molar-refractivity contribution in [3.05, 3.63) is 65.5 Å². The maximum absolute atomic E-state index is 13.6. The van der Waals surface area contributed by atoms with Crippen molar-refractivity contribution < 1.29 is 13.9 Å². The normalized spacial score (nSPS) is 17.0. The molecule has 4 nitrogen and oxygen atoms in total. The first-order valence-corrected chi connectivity index (χ1v) is 8.34. The molecule has 0 aliphatic carbocycles. The van der Waals surface area contributed by atoms with Gasteiger partial charge in [-0.2, -0.15) is 5.26 Å². The molecule has 1 aliphatic rings. The summed E-state index contributed by atoms with van der Waals surface area (Å²) in [5, 5.41) is 8.84. The standard InChI is InChI=1S/C20H19FN2O2/c21-18-5-1-2-6-19(18)25-14-16-4-3-11-23(13-16)20(24)17-9-7-15(12-22)8-10-17/h1-2,5-10,16H,3-4,11,13-14H2. The lowest BCUT2D eigenvalue weighted by Gasteiger charge is -2.32. The molecular formula is C20H19FN2O2. The van der Waals surface area contributed by atoms with Crippen molar-refractivity contribution in [2.45, 2.75) is 12.8 Å². The van der Waals surface area contributed by atoms with E-state index in [0.29, 0.717) is 30.8 Å². The third-order valence-corrected chi connectivity index (χ3v) is 4.38. The van der Waals surface area contributed by atoms with Crippen molar-refractivity contribution in [2.24, 2.45) is 5.92 Å². The molecule has 2 aromatic carbocycles.